The van der Waals surface area contributed by atoms with Crippen molar-refractivity contribution in [2.24, 2.45) is 0 Å². The zero-order valence-electron chi connectivity index (χ0n) is 6.85. The Balaban J connectivity index is 3.39. The molecular formula is C7H5ClF6. The van der Waals surface area contributed by atoms with Gasteiger partial charge in [-0.3, -0.25) is 0 Å². The molecule has 0 bridgehead atoms. The average molecular weight is 239 g/mol. The molecule has 0 N–H and O–H groups in total. The molecule has 0 unspecified atom stereocenters. The molecule has 0 heterocycles. The summed E-state index contributed by atoms with van der Waals surface area (Å²) in [6, 6.07) is 0. The first kappa shape index (κ1) is 11.7. The molecule has 1 aliphatic rings. The fourth-order valence-electron chi connectivity index (χ4n) is 1.23. The van der Waals surface area contributed by atoms with Crippen LogP contribution in [0.25, 0.3) is 0 Å². The molecule has 0 saturated heterocycles. The second kappa shape index (κ2) is 2.81. The summed E-state index contributed by atoms with van der Waals surface area (Å²) in [5.41, 5.74) is -1.39. The molecule has 1 aliphatic carbocycles. The lowest BCUT2D eigenvalue weighted by atomic mass is 10.1. The van der Waals surface area contributed by atoms with Crippen LogP contribution in [0.2, 0.25) is 0 Å². The minimum absolute atomic E-state index is 0.642. The van der Waals surface area contributed by atoms with E-state index in [1.54, 1.807) is 0 Å². The number of allylic oxidation sites excluding steroid dienone is 2. The van der Waals surface area contributed by atoms with Crippen molar-refractivity contribution >= 4 is 11.6 Å². The van der Waals surface area contributed by atoms with Crippen molar-refractivity contribution in [3.05, 3.63) is 10.6 Å². The molecule has 0 aromatic rings. The van der Waals surface area contributed by atoms with Gasteiger partial charge >= 0.3 is 17.8 Å². The van der Waals surface area contributed by atoms with Crippen molar-refractivity contribution < 1.29 is 26.3 Å². The highest BCUT2D eigenvalue weighted by atomic mass is 35.5. The fraction of sp³-hybridized carbons (Fsp3) is 0.714. The molecule has 0 nitrogen and oxygen atoms in total. The van der Waals surface area contributed by atoms with Gasteiger partial charge in [0.15, 0.2) is 0 Å². The largest absolute Gasteiger partial charge is 0.381 e. The van der Waals surface area contributed by atoms with Crippen molar-refractivity contribution in [3.63, 3.8) is 0 Å². The summed E-state index contributed by atoms with van der Waals surface area (Å²) in [5.74, 6) is -15.3. The summed E-state index contributed by atoms with van der Waals surface area (Å²) >= 11 is 4.81. The van der Waals surface area contributed by atoms with Crippen LogP contribution in [0.1, 0.15) is 13.3 Å². The molecule has 0 spiro atoms. The maximum absolute atomic E-state index is 12.8. The van der Waals surface area contributed by atoms with Gasteiger partial charge in [-0.1, -0.05) is 18.5 Å². The van der Waals surface area contributed by atoms with Crippen LogP contribution in [0, 0.1) is 0 Å². The van der Waals surface area contributed by atoms with E-state index in [1.165, 1.54) is 0 Å². The molecule has 0 saturated carbocycles. The standard InChI is InChI=1S/C7H5ClF6/c1-2-3-4(8)6(11,12)7(13,14)5(3,9)10/h2H2,1H3. The first-order valence-corrected chi connectivity index (χ1v) is 4.01. The topological polar surface area (TPSA) is 0 Å². The van der Waals surface area contributed by atoms with E-state index in [0.717, 1.165) is 6.92 Å². The Morgan fingerprint density at radius 3 is 1.57 bits per heavy atom. The van der Waals surface area contributed by atoms with Crippen LogP contribution in [0.5, 0.6) is 0 Å². The third-order valence-electron chi connectivity index (χ3n) is 2.06. The number of alkyl halides is 6. The Hall–Kier alpha value is -0.390. The van der Waals surface area contributed by atoms with Gasteiger partial charge in [-0.05, 0) is 6.42 Å². The minimum Gasteiger partial charge on any atom is -0.194 e. The first-order chi connectivity index (χ1) is 6.10. The van der Waals surface area contributed by atoms with Gasteiger partial charge in [0.05, 0.1) is 5.03 Å². The van der Waals surface area contributed by atoms with E-state index in [4.69, 9.17) is 11.6 Å². The van der Waals surface area contributed by atoms with Crippen molar-refractivity contribution in [1.29, 1.82) is 0 Å². The lowest BCUT2D eigenvalue weighted by molar-refractivity contribution is -0.263. The highest BCUT2D eigenvalue weighted by molar-refractivity contribution is 6.31. The normalized spacial score (nSPS) is 28.3. The summed E-state index contributed by atoms with van der Waals surface area (Å²) < 4.78 is 75.9. The van der Waals surface area contributed by atoms with Gasteiger partial charge in [0.2, 0.25) is 0 Å². The Morgan fingerprint density at radius 1 is 1.00 bits per heavy atom. The summed E-state index contributed by atoms with van der Waals surface area (Å²) in [4.78, 5) is 0. The third kappa shape index (κ3) is 1.03. The fourth-order valence-corrected chi connectivity index (χ4v) is 1.60. The van der Waals surface area contributed by atoms with Gasteiger partial charge < -0.3 is 0 Å². The highest BCUT2D eigenvalue weighted by Crippen LogP contribution is 2.60. The van der Waals surface area contributed by atoms with Crippen LogP contribution in [0.3, 0.4) is 0 Å². The van der Waals surface area contributed by atoms with Gasteiger partial charge in [0.1, 0.15) is 0 Å². The zero-order chi connectivity index (χ0) is 11.4. The van der Waals surface area contributed by atoms with E-state index in [1.807, 2.05) is 0 Å². The van der Waals surface area contributed by atoms with Crippen molar-refractivity contribution in [1.82, 2.24) is 0 Å². The molecule has 14 heavy (non-hydrogen) atoms. The van der Waals surface area contributed by atoms with Crippen LogP contribution < -0.4 is 0 Å². The smallest absolute Gasteiger partial charge is 0.194 e. The van der Waals surface area contributed by atoms with Crippen molar-refractivity contribution in [3.8, 4) is 0 Å². The SMILES string of the molecule is CCC1=C(Cl)C(F)(F)C(F)(F)C1(F)F. The van der Waals surface area contributed by atoms with Crippen LogP contribution >= 0.6 is 11.6 Å². The van der Waals surface area contributed by atoms with Crippen LogP contribution in [-0.4, -0.2) is 17.8 Å². The van der Waals surface area contributed by atoms with Crippen LogP contribution in [0.15, 0.2) is 10.6 Å². The monoisotopic (exact) mass is 238 g/mol. The molecule has 0 amide bonds. The minimum atomic E-state index is -5.44. The highest BCUT2D eigenvalue weighted by Gasteiger charge is 2.79. The maximum atomic E-state index is 12.8. The molecule has 0 radical (unpaired) electrons. The lowest BCUT2D eigenvalue weighted by Gasteiger charge is -2.24. The van der Waals surface area contributed by atoms with E-state index >= 15 is 0 Å². The third-order valence-corrected chi connectivity index (χ3v) is 2.53. The van der Waals surface area contributed by atoms with E-state index in [9.17, 15) is 26.3 Å². The molecule has 1 rings (SSSR count). The molecular weight excluding hydrogens is 234 g/mol. The number of hydrogen-bond acceptors (Lipinski definition) is 0. The van der Waals surface area contributed by atoms with Gasteiger partial charge in [-0.25, -0.2) is 0 Å². The van der Waals surface area contributed by atoms with Gasteiger partial charge in [0, 0.05) is 5.57 Å². The Kier molecular flexibility index (Phi) is 2.34. The first-order valence-electron chi connectivity index (χ1n) is 3.63. The second-order valence-corrected chi connectivity index (χ2v) is 3.25. The summed E-state index contributed by atoms with van der Waals surface area (Å²) in [6.07, 6.45) is -0.642. The van der Waals surface area contributed by atoms with Crippen LogP contribution in [0.4, 0.5) is 26.3 Å². The molecule has 0 fully saturated rings. The molecule has 0 aromatic carbocycles. The molecule has 7 heteroatoms. The van der Waals surface area contributed by atoms with E-state index in [0.29, 0.717) is 0 Å². The van der Waals surface area contributed by atoms with Crippen molar-refractivity contribution in [2.45, 2.75) is 31.1 Å². The zero-order valence-corrected chi connectivity index (χ0v) is 7.61. The summed E-state index contributed by atoms with van der Waals surface area (Å²) in [7, 11) is 0. The average Bonchev–Trinajstić information content (AvgIpc) is 2.10. The molecule has 0 atom stereocenters. The molecule has 0 aromatic heterocycles. The van der Waals surface area contributed by atoms with Gasteiger partial charge in [0.25, 0.3) is 0 Å². The van der Waals surface area contributed by atoms with Crippen molar-refractivity contribution in [2.75, 3.05) is 0 Å². The summed E-state index contributed by atoms with van der Waals surface area (Å²) in [5, 5.41) is -1.74. The van der Waals surface area contributed by atoms with E-state index < -0.39 is 34.8 Å². The van der Waals surface area contributed by atoms with Gasteiger partial charge in [-0.2, -0.15) is 26.3 Å². The number of rotatable bonds is 1. The Morgan fingerprint density at radius 2 is 1.43 bits per heavy atom. The Labute approximate surface area is 80.5 Å². The predicted octanol–water partition coefficient (Wildman–Crippen LogP) is 3.81. The predicted molar refractivity (Wildman–Crippen MR) is 38.0 cm³/mol. The van der Waals surface area contributed by atoms with E-state index in [-0.39, 0.29) is 0 Å². The maximum Gasteiger partial charge on any atom is 0.381 e. The number of halogens is 7. The second-order valence-electron chi connectivity index (χ2n) is 2.87. The van der Waals surface area contributed by atoms with E-state index in [2.05, 4.69) is 0 Å². The quantitative estimate of drug-likeness (QED) is 0.610. The Bertz CT molecular complexity index is 293. The molecule has 82 valence electrons. The van der Waals surface area contributed by atoms with Gasteiger partial charge in [-0.15, -0.1) is 0 Å². The lowest BCUT2D eigenvalue weighted by Crippen LogP contribution is -2.48. The molecule has 0 aliphatic heterocycles. The van der Waals surface area contributed by atoms with Crippen LogP contribution in [-0.2, 0) is 0 Å². The number of hydrogen-bond donors (Lipinski definition) is 0. The summed E-state index contributed by atoms with van der Waals surface area (Å²) in [6.45, 7) is 1.06.